The largest absolute Gasteiger partial charge is 0.496 e. The zero-order valence-electron chi connectivity index (χ0n) is 16.5. The van der Waals surface area contributed by atoms with Crippen LogP contribution in [0.15, 0.2) is 48.5 Å². The molecule has 7 nitrogen and oxygen atoms in total. The van der Waals surface area contributed by atoms with Crippen molar-refractivity contribution in [3.05, 3.63) is 59.7 Å². The number of benzene rings is 2. The van der Waals surface area contributed by atoms with Crippen molar-refractivity contribution in [2.24, 2.45) is 5.92 Å². The molecule has 2 amide bonds. The summed E-state index contributed by atoms with van der Waals surface area (Å²) in [7, 11) is 1.56. The molecule has 2 aromatic rings. The lowest BCUT2D eigenvalue weighted by Crippen LogP contribution is -2.31. The van der Waals surface area contributed by atoms with E-state index in [0.29, 0.717) is 5.75 Å². The van der Waals surface area contributed by atoms with Gasteiger partial charge in [-0.1, -0.05) is 35.9 Å². The maximum absolute atomic E-state index is 12.3. The van der Waals surface area contributed by atoms with Crippen LogP contribution in [0.25, 0.3) is 0 Å². The number of esters is 1. The van der Waals surface area contributed by atoms with Gasteiger partial charge in [0.15, 0.2) is 6.61 Å². The van der Waals surface area contributed by atoms with Gasteiger partial charge in [-0.05, 0) is 25.1 Å². The lowest BCUT2D eigenvalue weighted by molar-refractivity contribution is -0.152. The van der Waals surface area contributed by atoms with Gasteiger partial charge >= 0.3 is 5.97 Å². The number of anilines is 1. The standard InChI is InChI=1S/C22H24N2O5/c1-15-7-9-18(10-8-15)24-13-17(11-21(24)26)22(27)29-14-20(25)23-12-16-5-3-4-6-19(16)28-2/h3-10,17H,11-14H2,1-2H3,(H,23,25)/t17-/m0/s1. The molecule has 0 spiro atoms. The Hall–Kier alpha value is -3.35. The number of aryl methyl sites for hydroxylation is 1. The van der Waals surface area contributed by atoms with Crippen molar-refractivity contribution in [1.29, 1.82) is 0 Å². The first-order valence-corrected chi connectivity index (χ1v) is 9.40. The quantitative estimate of drug-likeness (QED) is 0.726. The Balaban J connectivity index is 1.47. The lowest BCUT2D eigenvalue weighted by Gasteiger charge is -2.16. The maximum atomic E-state index is 12.3. The van der Waals surface area contributed by atoms with Crippen LogP contribution >= 0.6 is 0 Å². The van der Waals surface area contributed by atoms with Gasteiger partial charge in [-0.25, -0.2) is 0 Å². The summed E-state index contributed by atoms with van der Waals surface area (Å²) in [5.74, 6) is -0.989. The summed E-state index contributed by atoms with van der Waals surface area (Å²) < 4.78 is 10.4. The van der Waals surface area contributed by atoms with Crippen LogP contribution in [0.3, 0.4) is 0 Å². The molecule has 1 atom stereocenters. The third-order valence-electron chi connectivity index (χ3n) is 4.82. The molecule has 0 bridgehead atoms. The third-order valence-corrected chi connectivity index (χ3v) is 4.82. The molecule has 1 N–H and O–H groups in total. The molecule has 0 unspecified atom stereocenters. The second-order valence-corrected chi connectivity index (χ2v) is 6.94. The monoisotopic (exact) mass is 396 g/mol. The lowest BCUT2D eigenvalue weighted by atomic mass is 10.1. The predicted molar refractivity (Wildman–Crippen MR) is 107 cm³/mol. The van der Waals surface area contributed by atoms with Gasteiger partial charge in [0, 0.05) is 30.8 Å². The van der Waals surface area contributed by atoms with Crippen molar-refractivity contribution >= 4 is 23.5 Å². The Morgan fingerprint density at radius 2 is 1.86 bits per heavy atom. The average molecular weight is 396 g/mol. The first-order chi connectivity index (χ1) is 14.0. The van der Waals surface area contributed by atoms with Crippen LogP contribution in [0.1, 0.15) is 17.5 Å². The molecule has 0 saturated carbocycles. The van der Waals surface area contributed by atoms with E-state index >= 15 is 0 Å². The van der Waals surface area contributed by atoms with Crippen LogP contribution in [0.5, 0.6) is 5.75 Å². The van der Waals surface area contributed by atoms with Crippen molar-refractivity contribution in [3.63, 3.8) is 0 Å². The van der Waals surface area contributed by atoms with Gasteiger partial charge < -0.3 is 19.7 Å². The van der Waals surface area contributed by atoms with Crippen LogP contribution < -0.4 is 15.0 Å². The summed E-state index contributed by atoms with van der Waals surface area (Å²) >= 11 is 0. The van der Waals surface area contributed by atoms with E-state index in [4.69, 9.17) is 9.47 Å². The number of ether oxygens (including phenoxy) is 2. The van der Waals surface area contributed by atoms with E-state index in [1.165, 1.54) is 0 Å². The molecule has 1 aliphatic rings. The summed E-state index contributed by atoms with van der Waals surface area (Å²) in [6.07, 6.45) is 0.0789. The molecule has 1 aliphatic heterocycles. The number of methoxy groups -OCH3 is 1. The molecular formula is C22H24N2O5. The molecule has 152 valence electrons. The number of amides is 2. The fourth-order valence-corrected chi connectivity index (χ4v) is 3.19. The summed E-state index contributed by atoms with van der Waals surface area (Å²) in [5.41, 5.74) is 2.67. The van der Waals surface area contributed by atoms with Gasteiger partial charge in [0.1, 0.15) is 5.75 Å². The minimum atomic E-state index is -0.578. The minimum Gasteiger partial charge on any atom is -0.496 e. The smallest absolute Gasteiger partial charge is 0.311 e. The summed E-state index contributed by atoms with van der Waals surface area (Å²) in [6.45, 7) is 2.10. The molecule has 0 radical (unpaired) electrons. The van der Waals surface area contributed by atoms with Crippen molar-refractivity contribution in [3.8, 4) is 5.75 Å². The fraction of sp³-hybridized carbons (Fsp3) is 0.318. The number of carbonyl (C=O) groups is 3. The molecule has 7 heteroatoms. The normalized spacial score (nSPS) is 15.9. The van der Waals surface area contributed by atoms with Crippen molar-refractivity contribution < 1.29 is 23.9 Å². The summed E-state index contributed by atoms with van der Waals surface area (Å²) in [6, 6.07) is 14.9. The van der Waals surface area contributed by atoms with Crippen LogP contribution in [-0.4, -0.2) is 38.0 Å². The van der Waals surface area contributed by atoms with E-state index in [9.17, 15) is 14.4 Å². The Bertz CT molecular complexity index is 894. The first kappa shape index (κ1) is 20.4. The van der Waals surface area contributed by atoms with Crippen LogP contribution in [0.4, 0.5) is 5.69 Å². The number of hydrogen-bond donors (Lipinski definition) is 1. The SMILES string of the molecule is COc1ccccc1CNC(=O)COC(=O)[C@H]1CC(=O)N(c2ccc(C)cc2)C1. The number of para-hydroxylation sites is 1. The maximum Gasteiger partial charge on any atom is 0.311 e. The highest BCUT2D eigenvalue weighted by atomic mass is 16.5. The summed E-state index contributed by atoms with van der Waals surface area (Å²) in [4.78, 5) is 38.1. The second-order valence-electron chi connectivity index (χ2n) is 6.94. The Morgan fingerprint density at radius 3 is 2.59 bits per heavy atom. The average Bonchev–Trinajstić information content (AvgIpc) is 3.13. The summed E-state index contributed by atoms with van der Waals surface area (Å²) in [5, 5.41) is 2.69. The van der Waals surface area contributed by atoms with E-state index in [1.54, 1.807) is 18.1 Å². The Kier molecular flexibility index (Phi) is 6.49. The number of nitrogens with zero attached hydrogens (tertiary/aromatic N) is 1. The predicted octanol–water partition coefficient (Wildman–Crippen LogP) is 2.22. The zero-order chi connectivity index (χ0) is 20.8. The van der Waals surface area contributed by atoms with Crippen molar-refractivity contribution in [2.75, 3.05) is 25.2 Å². The molecular weight excluding hydrogens is 372 g/mol. The topological polar surface area (TPSA) is 84.9 Å². The van der Waals surface area contributed by atoms with Crippen LogP contribution in [-0.2, 0) is 25.7 Å². The van der Waals surface area contributed by atoms with Gasteiger partial charge in [-0.3, -0.25) is 14.4 Å². The molecule has 1 saturated heterocycles. The molecule has 3 rings (SSSR count). The van der Waals surface area contributed by atoms with Gasteiger partial charge in [-0.2, -0.15) is 0 Å². The second kappa shape index (κ2) is 9.23. The van der Waals surface area contributed by atoms with E-state index < -0.39 is 17.8 Å². The first-order valence-electron chi connectivity index (χ1n) is 9.40. The number of nitrogens with one attached hydrogen (secondary N) is 1. The van der Waals surface area contributed by atoms with Crippen LogP contribution in [0, 0.1) is 12.8 Å². The van der Waals surface area contributed by atoms with Gasteiger partial charge in [-0.15, -0.1) is 0 Å². The number of hydrogen-bond acceptors (Lipinski definition) is 5. The van der Waals surface area contributed by atoms with Gasteiger partial charge in [0.2, 0.25) is 5.91 Å². The third kappa shape index (κ3) is 5.13. The van der Waals surface area contributed by atoms with Crippen LogP contribution in [0.2, 0.25) is 0 Å². The van der Waals surface area contributed by atoms with E-state index in [2.05, 4.69) is 5.32 Å². The van der Waals surface area contributed by atoms with E-state index in [1.807, 2.05) is 49.4 Å². The van der Waals surface area contributed by atoms with Crippen molar-refractivity contribution in [2.45, 2.75) is 19.9 Å². The van der Waals surface area contributed by atoms with E-state index in [0.717, 1.165) is 16.8 Å². The van der Waals surface area contributed by atoms with Crippen molar-refractivity contribution in [1.82, 2.24) is 5.32 Å². The molecule has 1 heterocycles. The zero-order valence-corrected chi connectivity index (χ0v) is 16.5. The number of rotatable bonds is 7. The highest BCUT2D eigenvalue weighted by molar-refractivity contribution is 5.99. The molecule has 29 heavy (non-hydrogen) atoms. The molecule has 1 fully saturated rings. The highest BCUT2D eigenvalue weighted by Crippen LogP contribution is 2.26. The Labute approximate surface area is 169 Å². The fourth-order valence-electron chi connectivity index (χ4n) is 3.19. The van der Waals surface area contributed by atoms with Gasteiger partial charge in [0.25, 0.3) is 5.91 Å². The highest BCUT2D eigenvalue weighted by Gasteiger charge is 2.36. The number of carbonyl (C=O) groups excluding carboxylic acids is 3. The van der Waals surface area contributed by atoms with Gasteiger partial charge in [0.05, 0.1) is 13.0 Å². The molecule has 0 aromatic heterocycles. The molecule has 2 aromatic carbocycles. The molecule has 0 aliphatic carbocycles. The van der Waals surface area contributed by atoms with E-state index in [-0.39, 0.29) is 32.0 Å². The Morgan fingerprint density at radius 1 is 1.14 bits per heavy atom. The minimum absolute atomic E-state index is 0.0789.